The minimum atomic E-state index is -0.116. The largest absolute Gasteiger partial charge is 0.392 e. The Bertz CT molecular complexity index is 167. The lowest BCUT2D eigenvalue weighted by molar-refractivity contribution is 0.113. The first kappa shape index (κ1) is 5.24. The van der Waals surface area contributed by atoms with Crippen LogP contribution in [0.1, 0.15) is 6.42 Å². The first-order valence-electron chi connectivity index (χ1n) is 3.41. The van der Waals surface area contributed by atoms with Gasteiger partial charge in [0, 0.05) is 11.8 Å². The van der Waals surface area contributed by atoms with Gasteiger partial charge in [0.1, 0.15) is 0 Å². The molecule has 0 aromatic carbocycles. The fraction of sp³-hybridized carbons (Fsp3) is 0.500. The van der Waals surface area contributed by atoms with Crippen molar-refractivity contribution in [3.8, 4) is 0 Å². The number of aliphatic hydroxyl groups is 1. The molecule has 1 N–H and O–H groups in total. The van der Waals surface area contributed by atoms with E-state index in [9.17, 15) is 5.11 Å². The number of hydrogen-bond acceptors (Lipinski definition) is 1. The molecule has 1 nitrogen and oxygen atoms in total. The van der Waals surface area contributed by atoms with Crippen LogP contribution in [0.3, 0.4) is 0 Å². The van der Waals surface area contributed by atoms with E-state index >= 15 is 0 Å². The van der Waals surface area contributed by atoms with Crippen molar-refractivity contribution in [3.63, 3.8) is 0 Å². The van der Waals surface area contributed by atoms with Gasteiger partial charge in [-0.25, -0.2) is 0 Å². The highest BCUT2D eigenvalue weighted by atomic mass is 16.3. The van der Waals surface area contributed by atoms with E-state index in [2.05, 4.69) is 24.3 Å². The van der Waals surface area contributed by atoms with Crippen LogP contribution in [-0.4, -0.2) is 11.2 Å². The Morgan fingerprint density at radius 2 is 2.11 bits per heavy atom. The van der Waals surface area contributed by atoms with Crippen LogP contribution in [0.25, 0.3) is 0 Å². The van der Waals surface area contributed by atoms with Crippen molar-refractivity contribution in [3.05, 3.63) is 24.3 Å². The molecule has 0 saturated heterocycles. The van der Waals surface area contributed by atoms with Crippen LogP contribution in [-0.2, 0) is 0 Å². The average Bonchev–Trinajstić information content (AvgIpc) is 2.19. The lowest BCUT2D eigenvalue weighted by Gasteiger charge is -2.20. The van der Waals surface area contributed by atoms with Crippen LogP contribution in [0.4, 0.5) is 0 Å². The molecule has 3 atom stereocenters. The van der Waals surface area contributed by atoms with Gasteiger partial charge in [0.15, 0.2) is 0 Å². The highest BCUT2D eigenvalue weighted by molar-refractivity contribution is 5.19. The average molecular weight is 122 g/mol. The molecule has 0 amide bonds. The molecular formula is C8H10O. The predicted molar refractivity (Wildman–Crippen MR) is 35.9 cm³/mol. The summed E-state index contributed by atoms with van der Waals surface area (Å²) in [7, 11) is 0. The van der Waals surface area contributed by atoms with E-state index < -0.39 is 0 Å². The molecule has 0 saturated carbocycles. The number of rotatable bonds is 0. The normalized spacial score (nSPS) is 46.1. The maximum Gasteiger partial charge on any atom is 0.0702 e. The summed E-state index contributed by atoms with van der Waals surface area (Å²) in [6, 6.07) is 0. The molecule has 0 fully saturated rings. The van der Waals surface area contributed by atoms with Crippen molar-refractivity contribution in [2.45, 2.75) is 12.5 Å². The van der Waals surface area contributed by atoms with Crippen molar-refractivity contribution in [1.29, 1.82) is 0 Å². The van der Waals surface area contributed by atoms with Crippen LogP contribution >= 0.6 is 0 Å². The molecule has 9 heavy (non-hydrogen) atoms. The number of aliphatic hydroxyl groups excluding tert-OH is 1. The molecule has 0 spiro atoms. The predicted octanol–water partition coefficient (Wildman–Crippen LogP) is 1.11. The number of hydrogen-bond donors (Lipinski definition) is 1. The Kier molecular flexibility index (Phi) is 0.995. The summed E-state index contributed by atoms with van der Waals surface area (Å²) in [6.07, 6.45) is 9.37. The molecule has 0 heterocycles. The van der Waals surface area contributed by atoms with Crippen molar-refractivity contribution in [2.24, 2.45) is 11.8 Å². The Balaban J connectivity index is 2.30. The molecule has 0 radical (unpaired) electrons. The lowest BCUT2D eigenvalue weighted by atomic mass is 9.91. The van der Waals surface area contributed by atoms with E-state index in [0.29, 0.717) is 11.8 Å². The SMILES string of the molecule is OC1C2C=CCC1C=C2. The van der Waals surface area contributed by atoms with Crippen LogP contribution in [0.5, 0.6) is 0 Å². The standard InChI is InChI=1S/C8H10O/c9-8-6-2-1-3-7(8)5-4-6/h1-2,4-9H,3H2. The van der Waals surface area contributed by atoms with Crippen molar-refractivity contribution >= 4 is 0 Å². The summed E-state index contributed by atoms with van der Waals surface area (Å²) < 4.78 is 0. The van der Waals surface area contributed by atoms with Crippen LogP contribution in [0.15, 0.2) is 24.3 Å². The molecule has 2 bridgehead atoms. The zero-order valence-corrected chi connectivity index (χ0v) is 5.20. The van der Waals surface area contributed by atoms with Gasteiger partial charge in [-0.2, -0.15) is 0 Å². The first-order valence-corrected chi connectivity index (χ1v) is 3.41. The third-order valence-corrected chi connectivity index (χ3v) is 2.18. The second-order valence-electron chi connectivity index (χ2n) is 2.78. The zero-order chi connectivity index (χ0) is 6.27. The van der Waals surface area contributed by atoms with Crippen LogP contribution in [0, 0.1) is 11.8 Å². The van der Waals surface area contributed by atoms with Gasteiger partial charge in [-0.05, 0) is 6.42 Å². The topological polar surface area (TPSA) is 20.2 Å². The Morgan fingerprint density at radius 1 is 1.22 bits per heavy atom. The van der Waals surface area contributed by atoms with E-state index in [1.807, 2.05) is 0 Å². The van der Waals surface area contributed by atoms with Gasteiger partial charge in [-0.15, -0.1) is 0 Å². The van der Waals surface area contributed by atoms with Gasteiger partial charge in [0.05, 0.1) is 6.10 Å². The molecule has 48 valence electrons. The monoisotopic (exact) mass is 122 g/mol. The molecular weight excluding hydrogens is 112 g/mol. The van der Waals surface area contributed by atoms with E-state index in [1.54, 1.807) is 0 Å². The molecule has 0 aromatic heterocycles. The summed E-state index contributed by atoms with van der Waals surface area (Å²) in [5.41, 5.74) is 0. The second-order valence-corrected chi connectivity index (χ2v) is 2.78. The van der Waals surface area contributed by atoms with Gasteiger partial charge in [-0.1, -0.05) is 24.3 Å². The zero-order valence-electron chi connectivity index (χ0n) is 5.20. The van der Waals surface area contributed by atoms with E-state index in [1.165, 1.54) is 0 Å². The van der Waals surface area contributed by atoms with Crippen molar-refractivity contribution in [2.75, 3.05) is 0 Å². The smallest absolute Gasteiger partial charge is 0.0702 e. The highest BCUT2D eigenvalue weighted by Gasteiger charge is 2.29. The van der Waals surface area contributed by atoms with Gasteiger partial charge in [-0.3, -0.25) is 0 Å². The maximum absolute atomic E-state index is 9.39. The molecule has 2 rings (SSSR count). The molecule has 0 aromatic rings. The van der Waals surface area contributed by atoms with Crippen molar-refractivity contribution < 1.29 is 5.11 Å². The van der Waals surface area contributed by atoms with E-state index in [-0.39, 0.29) is 6.10 Å². The summed E-state index contributed by atoms with van der Waals surface area (Å²) in [5, 5.41) is 9.39. The van der Waals surface area contributed by atoms with Gasteiger partial charge in [0.2, 0.25) is 0 Å². The number of fused-ring (bicyclic) bond motifs is 2. The second kappa shape index (κ2) is 1.71. The minimum absolute atomic E-state index is 0.116. The Morgan fingerprint density at radius 3 is 2.78 bits per heavy atom. The molecule has 2 aliphatic carbocycles. The molecule has 3 unspecified atom stereocenters. The maximum atomic E-state index is 9.39. The fourth-order valence-electron chi connectivity index (χ4n) is 1.57. The molecule has 0 aliphatic heterocycles. The lowest BCUT2D eigenvalue weighted by Crippen LogP contribution is -2.22. The Labute approximate surface area is 54.7 Å². The fourth-order valence-corrected chi connectivity index (χ4v) is 1.57. The summed E-state index contributed by atoms with van der Waals surface area (Å²) in [6.45, 7) is 0. The Hall–Kier alpha value is -0.560. The third kappa shape index (κ3) is 0.648. The summed E-state index contributed by atoms with van der Waals surface area (Å²) >= 11 is 0. The van der Waals surface area contributed by atoms with Crippen LogP contribution < -0.4 is 0 Å². The molecule has 1 heteroatoms. The van der Waals surface area contributed by atoms with Crippen LogP contribution in [0.2, 0.25) is 0 Å². The van der Waals surface area contributed by atoms with Gasteiger partial charge in [0.25, 0.3) is 0 Å². The summed E-state index contributed by atoms with van der Waals surface area (Å²) in [5.74, 6) is 0.740. The third-order valence-electron chi connectivity index (χ3n) is 2.18. The molecule has 2 aliphatic rings. The first-order chi connectivity index (χ1) is 4.38. The van der Waals surface area contributed by atoms with Crippen molar-refractivity contribution in [1.82, 2.24) is 0 Å². The minimum Gasteiger partial charge on any atom is -0.392 e. The highest BCUT2D eigenvalue weighted by Crippen LogP contribution is 2.31. The number of allylic oxidation sites excluding steroid dienone is 1. The van der Waals surface area contributed by atoms with E-state index in [4.69, 9.17) is 0 Å². The van der Waals surface area contributed by atoms with Gasteiger partial charge < -0.3 is 5.11 Å². The van der Waals surface area contributed by atoms with Gasteiger partial charge >= 0.3 is 0 Å². The van der Waals surface area contributed by atoms with E-state index in [0.717, 1.165) is 6.42 Å². The quantitative estimate of drug-likeness (QED) is 0.477. The summed E-state index contributed by atoms with van der Waals surface area (Å²) in [4.78, 5) is 0.